The second-order valence-corrected chi connectivity index (χ2v) is 16.6. The Morgan fingerprint density at radius 1 is 0.377 bits per heavy atom. The number of rotatable bonds is 6. The fraction of sp³-hybridized carbons (Fsp3) is 0.0333. The first kappa shape index (κ1) is 34.2. The molecule has 0 saturated carbocycles. The summed E-state index contributed by atoms with van der Waals surface area (Å²) in [6.07, 6.45) is 12.0. The molecule has 0 heterocycles. The molecule has 13 rings (SSSR count). The molecule has 4 aliphatic carbocycles. The first-order valence-electron chi connectivity index (χ1n) is 21.4. The topological polar surface area (TPSA) is 3.24 Å². The van der Waals surface area contributed by atoms with Crippen LogP contribution < -0.4 is 4.90 Å². The van der Waals surface area contributed by atoms with Crippen molar-refractivity contribution in [2.45, 2.75) is 12.0 Å². The highest BCUT2D eigenvalue weighted by Crippen LogP contribution is 2.61. The van der Waals surface area contributed by atoms with Crippen molar-refractivity contribution in [2.75, 3.05) is 4.90 Å². The second-order valence-electron chi connectivity index (χ2n) is 16.6. The molecule has 0 saturated heterocycles. The number of anilines is 2. The summed E-state index contributed by atoms with van der Waals surface area (Å²) in [5.41, 5.74) is 22.1. The minimum atomic E-state index is 0.0148. The number of benzene rings is 9. The normalized spacial score (nSPS) is 16.4. The molecule has 9 aromatic carbocycles. The van der Waals surface area contributed by atoms with Crippen molar-refractivity contribution >= 4 is 38.5 Å². The number of hydrogen-bond acceptors (Lipinski definition) is 1. The molecule has 9 aromatic rings. The maximum absolute atomic E-state index is 2.51. The highest BCUT2D eigenvalue weighted by molar-refractivity contribution is 6.29. The average Bonchev–Trinajstić information content (AvgIpc) is 3.67. The van der Waals surface area contributed by atoms with Crippen molar-refractivity contribution in [3.05, 3.63) is 247 Å². The van der Waals surface area contributed by atoms with Crippen molar-refractivity contribution in [3.8, 4) is 55.6 Å². The molecule has 0 fully saturated rings. The van der Waals surface area contributed by atoms with Gasteiger partial charge in [-0.25, -0.2) is 0 Å². The summed E-state index contributed by atoms with van der Waals surface area (Å²) in [5, 5.41) is 5.35. The van der Waals surface area contributed by atoms with Crippen LogP contribution in [-0.4, -0.2) is 6.04 Å². The SMILES string of the molecule is C1=CC2C3=C(C=CC(N(c4ccccc4)c4ccc(-c5ccccc5)cc4)C3=C1)c1ccc3c4c(ccc2c14)-c1c-3c(-c2ccccc2)c2ccccc2c1-c1ccccc1. The lowest BCUT2D eigenvalue weighted by atomic mass is 9.68. The smallest absolute Gasteiger partial charge is 0.0782 e. The molecule has 0 bridgehead atoms. The van der Waals surface area contributed by atoms with E-state index in [9.17, 15) is 0 Å². The van der Waals surface area contributed by atoms with E-state index < -0.39 is 0 Å². The third-order valence-corrected chi connectivity index (χ3v) is 13.5. The summed E-state index contributed by atoms with van der Waals surface area (Å²) in [6, 6.07) is 71.5. The van der Waals surface area contributed by atoms with Crippen LogP contribution in [0.25, 0.3) is 82.8 Å². The maximum atomic E-state index is 2.51. The van der Waals surface area contributed by atoms with Crippen molar-refractivity contribution in [1.82, 2.24) is 0 Å². The molecule has 0 amide bonds. The largest absolute Gasteiger partial charge is 0.330 e. The van der Waals surface area contributed by atoms with E-state index in [1.54, 1.807) is 0 Å². The molecule has 2 unspecified atom stereocenters. The summed E-state index contributed by atoms with van der Waals surface area (Å²) in [7, 11) is 0. The van der Waals surface area contributed by atoms with Crippen LogP contribution in [0.4, 0.5) is 11.4 Å². The zero-order valence-electron chi connectivity index (χ0n) is 33.5. The number of para-hydroxylation sites is 1. The number of hydrogen-bond donors (Lipinski definition) is 0. The van der Waals surface area contributed by atoms with Gasteiger partial charge in [-0.15, -0.1) is 0 Å². The first-order chi connectivity index (χ1) is 30.3. The fourth-order valence-electron chi connectivity index (χ4n) is 11.0. The van der Waals surface area contributed by atoms with Crippen molar-refractivity contribution < 1.29 is 0 Å². The van der Waals surface area contributed by atoms with Gasteiger partial charge in [0.05, 0.1) is 6.04 Å². The number of nitrogens with zero attached hydrogens (tertiary/aromatic N) is 1. The minimum Gasteiger partial charge on any atom is -0.330 e. The van der Waals surface area contributed by atoms with Crippen LogP contribution in [0.15, 0.2) is 236 Å². The third kappa shape index (κ3) is 5.01. The van der Waals surface area contributed by atoms with Gasteiger partial charge in [0.1, 0.15) is 0 Å². The molecule has 2 atom stereocenters. The van der Waals surface area contributed by atoms with Gasteiger partial charge in [0.25, 0.3) is 0 Å². The second kappa shape index (κ2) is 13.4. The molecule has 61 heavy (non-hydrogen) atoms. The fourth-order valence-corrected chi connectivity index (χ4v) is 11.0. The first-order valence-corrected chi connectivity index (χ1v) is 21.4. The van der Waals surface area contributed by atoms with Crippen LogP contribution in [0.3, 0.4) is 0 Å². The Morgan fingerprint density at radius 3 is 1.51 bits per heavy atom. The Kier molecular flexibility index (Phi) is 7.50. The van der Waals surface area contributed by atoms with E-state index in [1.807, 2.05) is 0 Å². The van der Waals surface area contributed by atoms with Gasteiger partial charge in [0, 0.05) is 17.3 Å². The van der Waals surface area contributed by atoms with Gasteiger partial charge >= 0.3 is 0 Å². The highest BCUT2D eigenvalue weighted by atomic mass is 15.2. The average molecular weight is 774 g/mol. The zero-order valence-corrected chi connectivity index (χ0v) is 33.5. The Balaban J connectivity index is 1.01. The van der Waals surface area contributed by atoms with Gasteiger partial charge < -0.3 is 4.90 Å². The van der Waals surface area contributed by atoms with E-state index in [0.717, 1.165) is 0 Å². The predicted molar refractivity (Wildman–Crippen MR) is 257 cm³/mol. The highest BCUT2D eigenvalue weighted by Gasteiger charge is 2.40. The summed E-state index contributed by atoms with van der Waals surface area (Å²) in [6.45, 7) is 0. The standard InChI is InChI=1S/C60H39N/c1-5-16-38(17-6-1)39-28-30-43(31-29-39)61(42-22-11-4-12-23-42)53-37-36-47-49-33-35-52-58-51(34-32-48(57(49)58)46-26-15-27-50(53)56(46)47)59-54(40-18-7-2-8-19-40)44-24-13-14-25-45(44)55(60(52)59)41-20-9-3-10-21-41/h1-37,46,53H. The minimum absolute atomic E-state index is 0.0148. The van der Waals surface area contributed by atoms with Gasteiger partial charge in [0.2, 0.25) is 0 Å². The van der Waals surface area contributed by atoms with E-state index in [4.69, 9.17) is 0 Å². The van der Waals surface area contributed by atoms with E-state index in [1.165, 1.54) is 116 Å². The lowest BCUT2D eigenvalue weighted by Gasteiger charge is -2.41. The van der Waals surface area contributed by atoms with Gasteiger partial charge in [-0.1, -0.05) is 200 Å². The summed E-state index contributed by atoms with van der Waals surface area (Å²) < 4.78 is 0. The number of allylic oxidation sites excluding steroid dienone is 5. The summed E-state index contributed by atoms with van der Waals surface area (Å²) >= 11 is 0. The van der Waals surface area contributed by atoms with Crippen molar-refractivity contribution in [1.29, 1.82) is 0 Å². The van der Waals surface area contributed by atoms with Crippen molar-refractivity contribution in [3.63, 3.8) is 0 Å². The molecule has 0 N–H and O–H groups in total. The monoisotopic (exact) mass is 773 g/mol. The molecular weight excluding hydrogens is 735 g/mol. The molecule has 0 aromatic heterocycles. The molecular formula is C60H39N. The molecule has 4 aliphatic rings. The van der Waals surface area contributed by atoms with Crippen LogP contribution in [0.1, 0.15) is 17.0 Å². The van der Waals surface area contributed by atoms with E-state index in [0.29, 0.717) is 0 Å². The van der Waals surface area contributed by atoms with Crippen LogP contribution in [-0.2, 0) is 0 Å². The molecule has 0 spiro atoms. The van der Waals surface area contributed by atoms with Gasteiger partial charge in [-0.3, -0.25) is 0 Å². The Hall–Kier alpha value is -7.74. The lowest BCUT2D eigenvalue weighted by Crippen LogP contribution is -2.35. The van der Waals surface area contributed by atoms with Crippen LogP contribution in [0, 0.1) is 0 Å². The summed E-state index contributed by atoms with van der Waals surface area (Å²) in [4.78, 5) is 2.51. The van der Waals surface area contributed by atoms with Crippen molar-refractivity contribution in [2.24, 2.45) is 0 Å². The van der Waals surface area contributed by atoms with Gasteiger partial charge in [-0.2, -0.15) is 0 Å². The Bertz CT molecular complexity index is 3280. The van der Waals surface area contributed by atoms with E-state index in [2.05, 4.69) is 229 Å². The van der Waals surface area contributed by atoms with E-state index >= 15 is 0 Å². The molecule has 1 heteroatoms. The summed E-state index contributed by atoms with van der Waals surface area (Å²) in [5.74, 6) is 0.141. The molecule has 1 nitrogen and oxygen atoms in total. The Labute approximate surface area is 356 Å². The predicted octanol–water partition coefficient (Wildman–Crippen LogP) is 15.8. The molecule has 0 aliphatic heterocycles. The molecule has 0 radical (unpaired) electrons. The number of fused-ring (bicyclic) bond motifs is 6. The lowest BCUT2D eigenvalue weighted by molar-refractivity contribution is 0.845. The Morgan fingerprint density at radius 2 is 0.885 bits per heavy atom. The third-order valence-electron chi connectivity index (χ3n) is 13.5. The van der Waals surface area contributed by atoms with Gasteiger partial charge in [0.15, 0.2) is 0 Å². The van der Waals surface area contributed by atoms with Crippen LogP contribution in [0.2, 0.25) is 0 Å². The van der Waals surface area contributed by atoms with E-state index in [-0.39, 0.29) is 12.0 Å². The van der Waals surface area contributed by atoms with Crippen LogP contribution >= 0.6 is 0 Å². The quantitative estimate of drug-likeness (QED) is 0.163. The van der Waals surface area contributed by atoms with Gasteiger partial charge in [-0.05, 0) is 129 Å². The molecule has 284 valence electrons. The maximum Gasteiger partial charge on any atom is 0.0782 e. The zero-order chi connectivity index (χ0) is 40.0. The van der Waals surface area contributed by atoms with Crippen LogP contribution in [0.5, 0.6) is 0 Å².